The van der Waals surface area contributed by atoms with E-state index in [2.05, 4.69) is 21.2 Å². The van der Waals surface area contributed by atoms with E-state index >= 15 is 0 Å². The Morgan fingerprint density at radius 2 is 1.86 bits per heavy atom. The number of carbonyl (C=O) groups is 1. The molecule has 2 aliphatic rings. The number of phenolic OH excluding ortho intramolecular Hbond substituents is 1. The number of morpholine rings is 1. The van der Waals surface area contributed by atoms with Gasteiger partial charge >= 0.3 is 0 Å². The third-order valence-electron chi connectivity index (χ3n) is 3.95. The third-order valence-corrected chi connectivity index (χ3v) is 4.44. The van der Waals surface area contributed by atoms with Crippen molar-refractivity contribution in [1.29, 1.82) is 0 Å². The molecule has 4 rings (SSSR count). The van der Waals surface area contributed by atoms with Crippen LogP contribution in [0, 0.1) is 0 Å². The van der Waals surface area contributed by atoms with Crippen LogP contribution in [0.5, 0.6) is 17.2 Å². The number of hydrogen-bond donors (Lipinski definition) is 2. The lowest BCUT2D eigenvalue weighted by molar-refractivity contribution is -0.134. The maximum absolute atomic E-state index is 12.0. The summed E-state index contributed by atoms with van der Waals surface area (Å²) in [6, 6.07) is 10.5. The number of phenols is 1. The summed E-state index contributed by atoms with van der Waals surface area (Å²) in [4.78, 5) is 12.0. The van der Waals surface area contributed by atoms with E-state index < -0.39 is 5.54 Å². The van der Waals surface area contributed by atoms with Crippen molar-refractivity contribution in [2.45, 2.75) is 5.54 Å². The highest BCUT2D eigenvalue weighted by Gasteiger charge is 2.46. The molecule has 112 valence electrons. The van der Waals surface area contributed by atoms with Crippen molar-refractivity contribution in [3.8, 4) is 17.2 Å². The summed E-state index contributed by atoms with van der Waals surface area (Å²) in [7, 11) is 0. The molecule has 1 spiro atoms. The Labute approximate surface area is 135 Å². The number of carbonyl (C=O) groups excluding carboxylic acids is 1. The SMILES string of the molecule is O=C1COC[C@@]2(N1)c1cc(O)ccc1Oc1ccc(Br)cc12. The van der Waals surface area contributed by atoms with Gasteiger partial charge in [-0.3, -0.25) is 4.79 Å². The molecule has 0 aromatic heterocycles. The monoisotopic (exact) mass is 361 g/mol. The van der Waals surface area contributed by atoms with Gasteiger partial charge in [-0.1, -0.05) is 15.9 Å². The molecule has 0 aliphatic carbocycles. The average molecular weight is 362 g/mol. The maximum atomic E-state index is 12.0. The lowest BCUT2D eigenvalue weighted by atomic mass is 9.80. The molecule has 0 saturated carbocycles. The van der Waals surface area contributed by atoms with E-state index in [1.165, 1.54) is 0 Å². The fourth-order valence-corrected chi connectivity index (χ4v) is 3.39. The van der Waals surface area contributed by atoms with E-state index in [1.807, 2.05) is 18.2 Å². The van der Waals surface area contributed by atoms with Crippen LogP contribution >= 0.6 is 15.9 Å². The van der Waals surface area contributed by atoms with Crippen LogP contribution in [0.4, 0.5) is 0 Å². The molecule has 6 heteroatoms. The summed E-state index contributed by atoms with van der Waals surface area (Å²) in [6.45, 7) is 0.308. The van der Waals surface area contributed by atoms with Crippen LogP contribution < -0.4 is 10.1 Å². The summed E-state index contributed by atoms with van der Waals surface area (Å²) in [5.74, 6) is 1.17. The Morgan fingerprint density at radius 3 is 2.64 bits per heavy atom. The van der Waals surface area contributed by atoms with Crippen molar-refractivity contribution in [3.63, 3.8) is 0 Å². The van der Waals surface area contributed by atoms with Gasteiger partial charge in [-0.05, 0) is 36.4 Å². The normalized spacial score (nSPS) is 22.5. The van der Waals surface area contributed by atoms with Gasteiger partial charge in [0.25, 0.3) is 0 Å². The van der Waals surface area contributed by atoms with Crippen LogP contribution in [0.2, 0.25) is 0 Å². The van der Waals surface area contributed by atoms with E-state index in [0.717, 1.165) is 10.0 Å². The smallest absolute Gasteiger partial charge is 0.247 e. The number of aromatic hydroxyl groups is 1. The molecule has 1 saturated heterocycles. The first kappa shape index (κ1) is 13.6. The zero-order valence-electron chi connectivity index (χ0n) is 11.4. The molecule has 0 radical (unpaired) electrons. The van der Waals surface area contributed by atoms with Crippen molar-refractivity contribution in [2.24, 2.45) is 0 Å². The zero-order valence-corrected chi connectivity index (χ0v) is 13.0. The first-order valence-electron chi connectivity index (χ1n) is 6.79. The average Bonchev–Trinajstić information content (AvgIpc) is 2.49. The summed E-state index contributed by atoms with van der Waals surface area (Å²) < 4.78 is 12.3. The van der Waals surface area contributed by atoms with Crippen LogP contribution in [0.15, 0.2) is 40.9 Å². The molecule has 0 unspecified atom stereocenters. The van der Waals surface area contributed by atoms with Crippen molar-refractivity contribution in [3.05, 3.63) is 52.0 Å². The number of benzene rings is 2. The molecule has 2 aliphatic heterocycles. The molecule has 1 amide bonds. The standard InChI is InChI=1S/C16H12BrNO4/c17-9-1-3-13-11(5-9)16(8-21-7-15(20)18-16)12-6-10(19)2-4-14(12)22-13/h1-6,19H,7-8H2,(H,18,20)/t16-/m0/s1. The number of halogens is 1. The van der Waals surface area contributed by atoms with E-state index in [4.69, 9.17) is 9.47 Å². The van der Waals surface area contributed by atoms with Gasteiger partial charge in [-0.15, -0.1) is 0 Å². The number of nitrogens with one attached hydrogen (secondary N) is 1. The van der Waals surface area contributed by atoms with Crippen molar-refractivity contribution >= 4 is 21.8 Å². The lowest BCUT2D eigenvalue weighted by Gasteiger charge is -2.42. The largest absolute Gasteiger partial charge is 0.508 e. The molecule has 2 aromatic carbocycles. The number of rotatable bonds is 0. The van der Waals surface area contributed by atoms with Gasteiger partial charge in [0.1, 0.15) is 29.4 Å². The molecular weight excluding hydrogens is 350 g/mol. The summed E-state index contributed by atoms with van der Waals surface area (Å²) in [6.07, 6.45) is 0. The zero-order chi connectivity index (χ0) is 15.3. The molecule has 2 N–H and O–H groups in total. The second-order valence-corrected chi connectivity index (χ2v) is 6.28. The maximum Gasteiger partial charge on any atom is 0.247 e. The Bertz CT molecular complexity index is 738. The molecule has 1 atom stereocenters. The molecular formula is C16H12BrNO4. The van der Waals surface area contributed by atoms with Gasteiger partial charge in [0.05, 0.1) is 6.61 Å². The quantitative estimate of drug-likeness (QED) is 0.756. The molecule has 1 fully saturated rings. The van der Waals surface area contributed by atoms with Crippen LogP contribution in [0.25, 0.3) is 0 Å². The van der Waals surface area contributed by atoms with Gasteiger partial charge in [-0.25, -0.2) is 0 Å². The predicted molar refractivity (Wildman–Crippen MR) is 82.1 cm³/mol. The molecule has 0 bridgehead atoms. The number of fused-ring (bicyclic) bond motifs is 4. The first-order chi connectivity index (χ1) is 10.6. The van der Waals surface area contributed by atoms with Gasteiger partial charge in [0.15, 0.2) is 0 Å². The Morgan fingerprint density at radius 1 is 1.14 bits per heavy atom. The summed E-state index contributed by atoms with van der Waals surface area (Å²) >= 11 is 3.45. The molecule has 2 heterocycles. The third kappa shape index (κ3) is 1.91. The van der Waals surface area contributed by atoms with E-state index in [1.54, 1.807) is 18.2 Å². The van der Waals surface area contributed by atoms with E-state index in [0.29, 0.717) is 17.1 Å². The fourth-order valence-electron chi connectivity index (χ4n) is 3.03. The Hall–Kier alpha value is -2.05. The Balaban J connectivity index is 2.01. The van der Waals surface area contributed by atoms with E-state index in [-0.39, 0.29) is 24.9 Å². The van der Waals surface area contributed by atoms with Gasteiger partial charge in [0.2, 0.25) is 5.91 Å². The van der Waals surface area contributed by atoms with Crippen LogP contribution in [0.3, 0.4) is 0 Å². The second-order valence-electron chi connectivity index (χ2n) is 5.37. The minimum Gasteiger partial charge on any atom is -0.508 e. The van der Waals surface area contributed by atoms with Crippen LogP contribution in [-0.2, 0) is 15.1 Å². The highest BCUT2D eigenvalue weighted by molar-refractivity contribution is 9.10. The van der Waals surface area contributed by atoms with Crippen molar-refractivity contribution in [2.75, 3.05) is 13.2 Å². The molecule has 22 heavy (non-hydrogen) atoms. The lowest BCUT2D eigenvalue weighted by Crippen LogP contribution is -2.56. The Kier molecular flexibility index (Phi) is 2.92. The summed E-state index contributed by atoms with van der Waals surface area (Å²) in [5.41, 5.74) is 0.625. The van der Waals surface area contributed by atoms with Crippen molar-refractivity contribution in [1.82, 2.24) is 5.32 Å². The van der Waals surface area contributed by atoms with Gasteiger partial charge in [-0.2, -0.15) is 0 Å². The van der Waals surface area contributed by atoms with Crippen LogP contribution in [-0.4, -0.2) is 24.2 Å². The minimum atomic E-state index is -0.860. The number of ether oxygens (including phenoxy) is 2. The highest BCUT2D eigenvalue weighted by Crippen LogP contribution is 2.49. The molecule has 2 aromatic rings. The van der Waals surface area contributed by atoms with Crippen LogP contribution in [0.1, 0.15) is 11.1 Å². The number of hydrogen-bond acceptors (Lipinski definition) is 4. The topological polar surface area (TPSA) is 67.8 Å². The molecule has 5 nitrogen and oxygen atoms in total. The second kappa shape index (κ2) is 4.72. The highest BCUT2D eigenvalue weighted by atomic mass is 79.9. The van der Waals surface area contributed by atoms with Gasteiger partial charge < -0.3 is 19.9 Å². The first-order valence-corrected chi connectivity index (χ1v) is 7.58. The minimum absolute atomic E-state index is 0.0279. The predicted octanol–water partition coefficient (Wildman–Crippen LogP) is 2.65. The number of amides is 1. The van der Waals surface area contributed by atoms with Crippen molar-refractivity contribution < 1.29 is 19.4 Å². The van der Waals surface area contributed by atoms with Gasteiger partial charge in [0, 0.05) is 15.6 Å². The fraction of sp³-hybridized carbons (Fsp3) is 0.188. The summed E-state index contributed by atoms with van der Waals surface area (Å²) in [5, 5.41) is 12.9. The van der Waals surface area contributed by atoms with E-state index in [9.17, 15) is 9.90 Å².